The molecule has 36 heavy (non-hydrogen) atoms. The van der Waals surface area contributed by atoms with Crippen molar-refractivity contribution in [1.29, 1.82) is 0 Å². The van der Waals surface area contributed by atoms with E-state index in [0.717, 1.165) is 22.4 Å². The number of amides is 1. The molecule has 1 aromatic heterocycles. The molecule has 0 aliphatic carbocycles. The Bertz CT molecular complexity index is 1330. The number of hydrogen-bond acceptors (Lipinski definition) is 6. The second kappa shape index (κ2) is 10.7. The molecule has 1 atom stereocenters. The van der Waals surface area contributed by atoms with Gasteiger partial charge < -0.3 is 14.8 Å². The molecule has 3 aromatic rings. The molecule has 8 nitrogen and oxygen atoms in total. The van der Waals surface area contributed by atoms with E-state index in [2.05, 4.69) is 24.3 Å². The van der Waals surface area contributed by atoms with E-state index in [9.17, 15) is 13.2 Å². The quantitative estimate of drug-likeness (QED) is 0.452. The number of anilines is 1. The van der Waals surface area contributed by atoms with E-state index in [4.69, 9.17) is 9.47 Å². The molecule has 1 N–H and O–H groups in total. The zero-order chi connectivity index (χ0) is 25.9. The highest BCUT2D eigenvalue weighted by Crippen LogP contribution is 2.31. The molecule has 192 valence electrons. The molecule has 1 unspecified atom stereocenters. The van der Waals surface area contributed by atoms with Gasteiger partial charge in [-0.25, -0.2) is 13.1 Å². The molecule has 1 saturated heterocycles. The monoisotopic (exact) mass is 511 g/mol. The molecule has 0 saturated carbocycles. The highest BCUT2D eigenvalue weighted by molar-refractivity contribution is 7.91. The molecule has 0 radical (unpaired) electrons. The van der Waals surface area contributed by atoms with E-state index >= 15 is 0 Å². The van der Waals surface area contributed by atoms with Crippen LogP contribution in [0.1, 0.15) is 37.4 Å². The minimum absolute atomic E-state index is 0.00187. The van der Waals surface area contributed by atoms with Crippen molar-refractivity contribution in [3.63, 3.8) is 0 Å². The number of ether oxygens (including phenoxy) is 2. The number of aromatic nitrogens is 2. The van der Waals surface area contributed by atoms with Gasteiger partial charge in [0.25, 0.3) is 5.91 Å². The Balaban J connectivity index is 1.52. The molecule has 2 heterocycles. The van der Waals surface area contributed by atoms with E-state index in [-0.39, 0.29) is 30.1 Å². The number of rotatable bonds is 9. The lowest BCUT2D eigenvalue weighted by molar-refractivity contribution is -0.118. The predicted octanol–water partition coefficient (Wildman–Crippen LogP) is 4.58. The maximum atomic E-state index is 12.7. The van der Waals surface area contributed by atoms with Crippen LogP contribution in [0.5, 0.6) is 11.5 Å². The Labute approximate surface area is 212 Å². The molecule has 1 aliphatic rings. The molecule has 0 bridgehead atoms. The Kier molecular flexibility index (Phi) is 7.68. The minimum atomic E-state index is -3.13. The lowest BCUT2D eigenvalue weighted by atomic mass is 10.1. The molecular weight excluding hydrogens is 478 g/mol. The van der Waals surface area contributed by atoms with Gasteiger partial charge >= 0.3 is 0 Å². The van der Waals surface area contributed by atoms with E-state index in [1.165, 1.54) is 0 Å². The first-order chi connectivity index (χ1) is 17.1. The molecule has 0 spiro atoms. The lowest BCUT2D eigenvalue weighted by Gasteiger charge is -2.14. The van der Waals surface area contributed by atoms with Crippen molar-refractivity contribution in [1.82, 2.24) is 9.78 Å². The summed E-state index contributed by atoms with van der Waals surface area (Å²) in [5.74, 6) is 2.01. The molecule has 9 heteroatoms. The SMILES string of the molecule is Cc1ccc(OCC(=O)Nc2cc(-c3ccc(OCC(C)C)cc3)nn2C2CCS(=O)(=O)C2)cc1C. The topological polar surface area (TPSA) is 99.5 Å². The van der Waals surface area contributed by atoms with Crippen LogP contribution in [-0.2, 0) is 14.6 Å². The number of benzene rings is 2. The average Bonchev–Trinajstić information content (AvgIpc) is 3.41. The zero-order valence-electron chi connectivity index (χ0n) is 21.2. The van der Waals surface area contributed by atoms with Crippen LogP contribution in [0.25, 0.3) is 11.3 Å². The van der Waals surface area contributed by atoms with Crippen LogP contribution in [0, 0.1) is 19.8 Å². The summed E-state index contributed by atoms with van der Waals surface area (Å²) in [5, 5.41) is 7.54. The summed E-state index contributed by atoms with van der Waals surface area (Å²) in [7, 11) is -3.13. The summed E-state index contributed by atoms with van der Waals surface area (Å²) < 4.78 is 37.3. The standard InChI is InChI=1S/C27H33N3O5S/c1-18(2)15-34-23-9-6-21(7-10-23)25-14-26(30(29-25)22-11-12-36(32,33)17-22)28-27(31)16-35-24-8-5-19(3)20(4)13-24/h5-10,13-14,18,22H,11-12,15-17H2,1-4H3,(H,28,31). The van der Waals surface area contributed by atoms with Gasteiger partial charge in [0, 0.05) is 11.6 Å². The van der Waals surface area contributed by atoms with Crippen molar-refractivity contribution >= 4 is 21.6 Å². The van der Waals surface area contributed by atoms with Gasteiger partial charge in [-0.2, -0.15) is 5.10 Å². The third kappa shape index (κ3) is 6.46. The van der Waals surface area contributed by atoms with Crippen molar-refractivity contribution < 1.29 is 22.7 Å². The van der Waals surface area contributed by atoms with Crippen LogP contribution in [0.2, 0.25) is 0 Å². The number of carbonyl (C=O) groups is 1. The van der Waals surface area contributed by atoms with Crippen LogP contribution in [0.4, 0.5) is 5.82 Å². The fraction of sp³-hybridized carbons (Fsp3) is 0.407. The van der Waals surface area contributed by atoms with Gasteiger partial charge in [0.05, 0.1) is 29.8 Å². The maximum absolute atomic E-state index is 12.7. The number of hydrogen-bond donors (Lipinski definition) is 1. The third-order valence-corrected chi connectivity index (χ3v) is 7.89. The average molecular weight is 512 g/mol. The summed E-state index contributed by atoms with van der Waals surface area (Å²) in [5.41, 5.74) is 3.71. The summed E-state index contributed by atoms with van der Waals surface area (Å²) in [6, 6.07) is 14.7. The third-order valence-electron chi connectivity index (χ3n) is 6.14. The van der Waals surface area contributed by atoms with Crippen LogP contribution in [-0.4, -0.2) is 48.8 Å². The number of nitrogens with zero attached hydrogens (tertiary/aromatic N) is 2. The molecule has 4 rings (SSSR count). The Morgan fingerprint density at radius 3 is 2.42 bits per heavy atom. The van der Waals surface area contributed by atoms with Gasteiger partial charge in [0.2, 0.25) is 0 Å². The summed E-state index contributed by atoms with van der Waals surface area (Å²) in [4.78, 5) is 12.7. The van der Waals surface area contributed by atoms with Gasteiger partial charge in [-0.1, -0.05) is 19.9 Å². The van der Waals surface area contributed by atoms with Crippen LogP contribution < -0.4 is 14.8 Å². The van der Waals surface area contributed by atoms with E-state index in [0.29, 0.717) is 36.2 Å². The first-order valence-electron chi connectivity index (χ1n) is 12.1. The number of carbonyl (C=O) groups excluding carboxylic acids is 1. The smallest absolute Gasteiger partial charge is 0.263 e. The zero-order valence-corrected chi connectivity index (χ0v) is 22.0. The van der Waals surface area contributed by atoms with Gasteiger partial charge in [-0.05, 0) is 73.7 Å². The second-order valence-electron chi connectivity index (χ2n) is 9.73. The first kappa shape index (κ1) is 25.8. The van der Waals surface area contributed by atoms with Crippen molar-refractivity contribution in [2.75, 3.05) is 30.0 Å². The fourth-order valence-electron chi connectivity index (χ4n) is 3.99. The number of sulfone groups is 1. The lowest BCUT2D eigenvalue weighted by Crippen LogP contribution is -2.23. The normalized spacial score (nSPS) is 16.8. The minimum Gasteiger partial charge on any atom is -0.493 e. The molecule has 1 amide bonds. The summed E-state index contributed by atoms with van der Waals surface area (Å²) in [6.45, 7) is 8.64. The second-order valence-corrected chi connectivity index (χ2v) is 12.0. The number of aryl methyl sites for hydroxylation is 2. The van der Waals surface area contributed by atoms with Crippen LogP contribution in [0.15, 0.2) is 48.5 Å². The predicted molar refractivity (Wildman–Crippen MR) is 140 cm³/mol. The van der Waals surface area contributed by atoms with E-state index in [1.807, 2.05) is 56.3 Å². The van der Waals surface area contributed by atoms with Gasteiger partial charge in [0.15, 0.2) is 16.4 Å². The van der Waals surface area contributed by atoms with Crippen LogP contribution in [0.3, 0.4) is 0 Å². The molecule has 1 aliphatic heterocycles. The van der Waals surface area contributed by atoms with Crippen LogP contribution >= 0.6 is 0 Å². The first-order valence-corrected chi connectivity index (χ1v) is 13.9. The highest BCUT2D eigenvalue weighted by Gasteiger charge is 2.32. The largest absolute Gasteiger partial charge is 0.493 e. The van der Waals surface area contributed by atoms with E-state index < -0.39 is 9.84 Å². The molecular formula is C27H33N3O5S. The Morgan fingerprint density at radius 1 is 1.06 bits per heavy atom. The fourth-order valence-corrected chi connectivity index (χ4v) is 5.68. The number of nitrogens with one attached hydrogen (secondary N) is 1. The Morgan fingerprint density at radius 2 is 1.78 bits per heavy atom. The highest BCUT2D eigenvalue weighted by atomic mass is 32.2. The van der Waals surface area contributed by atoms with Crippen molar-refractivity contribution in [3.05, 3.63) is 59.7 Å². The summed E-state index contributed by atoms with van der Waals surface area (Å²) in [6.07, 6.45) is 0.452. The van der Waals surface area contributed by atoms with Crippen molar-refractivity contribution in [2.45, 2.75) is 40.2 Å². The maximum Gasteiger partial charge on any atom is 0.263 e. The summed E-state index contributed by atoms with van der Waals surface area (Å²) >= 11 is 0. The Hall–Kier alpha value is -3.33. The van der Waals surface area contributed by atoms with Gasteiger partial charge in [0.1, 0.15) is 17.3 Å². The van der Waals surface area contributed by atoms with Crippen molar-refractivity contribution in [3.8, 4) is 22.8 Å². The van der Waals surface area contributed by atoms with E-state index in [1.54, 1.807) is 10.7 Å². The van der Waals surface area contributed by atoms with Gasteiger partial charge in [-0.15, -0.1) is 0 Å². The van der Waals surface area contributed by atoms with Crippen molar-refractivity contribution in [2.24, 2.45) is 5.92 Å². The molecule has 1 fully saturated rings. The van der Waals surface area contributed by atoms with Gasteiger partial charge in [-0.3, -0.25) is 4.79 Å². The molecule has 2 aromatic carbocycles.